The van der Waals surface area contributed by atoms with Gasteiger partial charge in [-0.25, -0.2) is 4.98 Å². The van der Waals surface area contributed by atoms with Gasteiger partial charge in [-0.1, -0.05) is 0 Å². The van der Waals surface area contributed by atoms with Gasteiger partial charge < -0.3 is 11.1 Å². The van der Waals surface area contributed by atoms with Crippen molar-refractivity contribution in [3.05, 3.63) is 16.1 Å². The van der Waals surface area contributed by atoms with Crippen molar-refractivity contribution in [1.82, 2.24) is 15.2 Å². The fraction of sp³-hybridized carbons (Fsp3) is 0.692. The van der Waals surface area contributed by atoms with Crippen LogP contribution in [-0.2, 0) is 6.42 Å². The molecule has 1 saturated carbocycles. The van der Waals surface area contributed by atoms with Crippen LogP contribution in [0.3, 0.4) is 0 Å². The lowest BCUT2D eigenvalue weighted by molar-refractivity contribution is 0.0935. The number of hydrogen-bond acceptors (Lipinski definition) is 5. The molecule has 122 valence electrons. The maximum atomic E-state index is 12.0. The number of amides is 1. The molecule has 0 bridgehead atoms. The van der Waals surface area contributed by atoms with E-state index in [4.69, 9.17) is 5.73 Å². The van der Waals surface area contributed by atoms with E-state index in [0.717, 1.165) is 11.4 Å². The zero-order chi connectivity index (χ0) is 13.8. The molecule has 8 heteroatoms. The summed E-state index contributed by atoms with van der Waals surface area (Å²) in [6.45, 7) is 3.37. The van der Waals surface area contributed by atoms with Crippen LogP contribution in [0.25, 0.3) is 0 Å². The van der Waals surface area contributed by atoms with Crippen molar-refractivity contribution in [3.63, 3.8) is 0 Å². The number of rotatable bonds is 7. The summed E-state index contributed by atoms with van der Waals surface area (Å²) in [6, 6.07) is 1.07. The van der Waals surface area contributed by atoms with Gasteiger partial charge in [-0.2, -0.15) is 0 Å². The molecule has 1 unspecified atom stereocenters. The SMILES string of the molecule is CC(CNC(=O)c1csc(CCN)n1)N(C)C1CC1.Cl.Cl. The minimum atomic E-state index is -0.0874. The number of nitrogens with two attached hydrogens (primary N) is 1. The maximum Gasteiger partial charge on any atom is 0.270 e. The Labute approximate surface area is 142 Å². The number of halogens is 2. The average molecular weight is 355 g/mol. The minimum Gasteiger partial charge on any atom is -0.349 e. The highest BCUT2D eigenvalue weighted by Gasteiger charge is 2.29. The molecule has 0 spiro atoms. The molecule has 0 radical (unpaired) electrons. The Kier molecular flexibility index (Phi) is 9.40. The quantitative estimate of drug-likeness (QED) is 0.781. The molecular formula is C13H24Cl2N4OS. The molecule has 1 aromatic heterocycles. The van der Waals surface area contributed by atoms with Gasteiger partial charge in [0.2, 0.25) is 0 Å². The van der Waals surface area contributed by atoms with Crippen molar-refractivity contribution in [2.24, 2.45) is 5.73 Å². The van der Waals surface area contributed by atoms with Crippen molar-refractivity contribution in [2.45, 2.75) is 38.3 Å². The van der Waals surface area contributed by atoms with E-state index in [1.807, 2.05) is 0 Å². The third kappa shape index (κ3) is 6.08. The van der Waals surface area contributed by atoms with Crippen molar-refractivity contribution < 1.29 is 4.79 Å². The maximum absolute atomic E-state index is 12.0. The second kappa shape index (κ2) is 9.58. The Bertz CT molecular complexity index is 440. The zero-order valence-corrected chi connectivity index (χ0v) is 14.8. The first-order valence-corrected chi connectivity index (χ1v) is 7.64. The van der Waals surface area contributed by atoms with E-state index in [1.54, 1.807) is 5.38 Å². The van der Waals surface area contributed by atoms with Crippen LogP contribution >= 0.6 is 36.2 Å². The summed E-state index contributed by atoms with van der Waals surface area (Å²) in [7, 11) is 2.12. The standard InChI is InChI=1S/C13H22N4OS.2ClH/c1-9(17(2)10-3-4-10)7-15-13(18)11-8-19-12(16-11)5-6-14;;/h8-10H,3-7,14H2,1-2H3,(H,15,18);2*1H. The average Bonchev–Trinajstić information content (AvgIpc) is 3.15. The summed E-state index contributed by atoms with van der Waals surface area (Å²) in [5.74, 6) is -0.0874. The second-order valence-corrected chi connectivity index (χ2v) is 6.06. The molecule has 1 amide bonds. The molecule has 21 heavy (non-hydrogen) atoms. The smallest absolute Gasteiger partial charge is 0.270 e. The highest BCUT2D eigenvalue weighted by molar-refractivity contribution is 7.09. The molecular weight excluding hydrogens is 331 g/mol. The predicted octanol–water partition coefficient (Wildman–Crippen LogP) is 1.70. The van der Waals surface area contributed by atoms with Crippen LogP contribution in [-0.4, -0.2) is 48.0 Å². The topological polar surface area (TPSA) is 71.2 Å². The Balaban J connectivity index is 0.00000200. The number of thiazole rings is 1. The Hall–Kier alpha value is -0.400. The first-order chi connectivity index (χ1) is 9.11. The van der Waals surface area contributed by atoms with Crippen molar-refractivity contribution in [2.75, 3.05) is 20.1 Å². The number of carbonyl (C=O) groups is 1. The van der Waals surface area contributed by atoms with Gasteiger partial charge in [-0.15, -0.1) is 36.2 Å². The van der Waals surface area contributed by atoms with Crippen LogP contribution in [0.1, 0.15) is 35.3 Å². The number of likely N-dealkylation sites (N-methyl/N-ethyl adjacent to an activating group) is 1. The second-order valence-electron chi connectivity index (χ2n) is 5.12. The molecule has 1 aliphatic rings. The van der Waals surface area contributed by atoms with Crippen LogP contribution in [0.4, 0.5) is 0 Å². The Morgan fingerprint density at radius 3 is 2.81 bits per heavy atom. The van der Waals surface area contributed by atoms with Gasteiger partial charge in [-0.05, 0) is 33.4 Å². The number of nitrogens with one attached hydrogen (secondary N) is 1. The molecule has 0 aliphatic heterocycles. The Morgan fingerprint density at radius 1 is 1.57 bits per heavy atom. The Morgan fingerprint density at radius 2 is 2.24 bits per heavy atom. The fourth-order valence-corrected chi connectivity index (χ4v) is 2.76. The molecule has 1 heterocycles. The van der Waals surface area contributed by atoms with Gasteiger partial charge in [0.25, 0.3) is 5.91 Å². The fourth-order valence-electron chi connectivity index (χ4n) is 1.97. The first kappa shape index (κ1) is 20.6. The highest BCUT2D eigenvalue weighted by atomic mass is 35.5. The lowest BCUT2D eigenvalue weighted by Crippen LogP contribution is -2.41. The van der Waals surface area contributed by atoms with Gasteiger partial charge in [0.05, 0.1) is 5.01 Å². The van der Waals surface area contributed by atoms with Crippen molar-refractivity contribution in [1.29, 1.82) is 0 Å². The zero-order valence-electron chi connectivity index (χ0n) is 12.4. The summed E-state index contributed by atoms with van der Waals surface area (Å²) in [5.41, 5.74) is 5.98. The van der Waals surface area contributed by atoms with E-state index >= 15 is 0 Å². The molecule has 1 aliphatic carbocycles. The summed E-state index contributed by atoms with van der Waals surface area (Å²) >= 11 is 1.50. The van der Waals surface area contributed by atoms with Gasteiger partial charge >= 0.3 is 0 Å². The number of nitrogens with zero attached hydrogens (tertiary/aromatic N) is 2. The van der Waals surface area contributed by atoms with Gasteiger partial charge in [0, 0.05) is 30.4 Å². The third-order valence-electron chi connectivity index (χ3n) is 3.52. The van der Waals surface area contributed by atoms with Crippen LogP contribution in [0.2, 0.25) is 0 Å². The van der Waals surface area contributed by atoms with E-state index in [9.17, 15) is 4.79 Å². The van der Waals surface area contributed by atoms with Crippen LogP contribution in [0.15, 0.2) is 5.38 Å². The summed E-state index contributed by atoms with van der Waals surface area (Å²) in [6.07, 6.45) is 3.30. The highest BCUT2D eigenvalue weighted by Crippen LogP contribution is 2.26. The van der Waals surface area contributed by atoms with E-state index in [1.165, 1.54) is 24.2 Å². The minimum absolute atomic E-state index is 0. The first-order valence-electron chi connectivity index (χ1n) is 6.76. The van der Waals surface area contributed by atoms with Crippen LogP contribution in [0.5, 0.6) is 0 Å². The number of carbonyl (C=O) groups excluding carboxylic acids is 1. The van der Waals surface area contributed by atoms with Crippen molar-refractivity contribution >= 4 is 42.1 Å². The lowest BCUT2D eigenvalue weighted by Gasteiger charge is -2.24. The van der Waals surface area contributed by atoms with E-state index in [-0.39, 0.29) is 30.7 Å². The molecule has 0 saturated heterocycles. The summed E-state index contributed by atoms with van der Waals surface area (Å²) < 4.78 is 0. The molecule has 1 atom stereocenters. The van der Waals surface area contributed by atoms with Gasteiger partial charge in [-0.3, -0.25) is 9.69 Å². The lowest BCUT2D eigenvalue weighted by atomic mass is 10.3. The summed E-state index contributed by atoms with van der Waals surface area (Å²) in [5, 5.41) is 5.68. The molecule has 5 nitrogen and oxygen atoms in total. The number of aromatic nitrogens is 1. The van der Waals surface area contributed by atoms with Crippen LogP contribution < -0.4 is 11.1 Å². The molecule has 3 N–H and O–H groups in total. The summed E-state index contributed by atoms with van der Waals surface area (Å²) in [4.78, 5) is 18.6. The van der Waals surface area contributed by atoms with Crippen molar-refractivity contribution in [3.8, 4) is 0 Å². The monoisotopic (exact) mass is 354 g/mol. The predicted molar refractivity (Wildman–Crippen MR) is 91.9 cm³/mol. The van der Waals surface area contributed by atoms with E-state index in [2.05, 4.69) is 29.2 Å². The largest absolute Gasteiger partial charge is 0.349 e. The van der Waals surface area contributed by atoms with Crippen LogP contribution in [0, 0.1) is 0 Å². The van der Waals surface area contributed by atoms with E-state index < -0.39 is 0 Å². The molecule has 1 fully saturated rings. The van der Waals surface area contributed by atoms with Gasteiger partial charge in [0.15, 0.2) is 0 Å². The molecule has 0 aromatic carbocycles. The van der Waals surface area contributed by atoms with E-state index in [0.29, 0.717) is 30.9 Å². The van der Waals surface area contributed by atoms with Gasteiger partial charge in [0.1, 0.15) is 5.69 Å². The number of hydrogen-bond donors (Lipinski definition) is 2. The normalized spacial score (nSPS) is 15.0. The third-order valence-corrected chi connectivity index (χ3v) is 4.43. The molecule has 2 rings (SSSR count). The molecule has 1 aromatic rings.